The lowest BCUT2D eigenvalue weighted by molar-refractivity contribution is 0.0651. The third-order valence-electron chi connectivity index (χ3n) is 5.19. The molecule has 0 bridgehead atoms. The van der Waals surface area contributed by atoms with Crippen LogP contribution in [0.4, 0.5) is 0 Å². The monoisotopic (exact) mass is 371 g/mol. The van der Waals surface area contributed by atoms with Crippen LogP contribution in [0.25, 0.3) is 11.1 Å². The Morgan fingerprint density at radius 1 is 0.962 bits per heavy atom. The molecule has 2 aromatic rings. The van der Waals surface area contributed by atoms with Crippen LogP contribution in [-0.2, 0) is 5.60 Å². The lowest BCUT2D eigenvalue weighted by Crippen LogP contribution is -2.25. The van der Waals surface area contributed by atoms with Crippen molar-refractivity contribution in [1.29, 1.82) is 0 Å². The maximum Gasteiger partial charge on any atom is 0.0920 e. The maximum absolute atomic E-state index is 11.0. The molecule has 1 atom stereocenters. The molecule has 0 radical (unpaired) electrons. The Labute approximate surface area is 163 Å². The minimum atomic E-state index is -0.878. The van der Waals surface area contributed by atoms with E-state index < -0.39 is 5.60 Å². The van der Waals surface area contributed by atoms with Crippen LogP contribution in [0, 0.1) is 0 Å². The fourth-order valence-electron chi connectivity index (χ4n) is 3.82. The van der Waals surface area contributed by atoms with Gasteiger partial charge in [-0.05, 0) is 43.4 Å². The Kier molecular flexibility index (Phi) is 7.43. The lowest BCUT2D eigenvalue weighted by Gasteiger charge is -2.25. The van der Waals surface area contributed by atoms with Crippen molar-refractivity contribution in [3.8, 4) is 11.1 Å². The number of nitrogens with zero attached hydrogens (tertiary/aromatic N) is 1. The van der Waals surface area contributed by atoms with Crippen molar-refractivity contribution in [2.45, 2.75) is 64.0 Å². The summed E-state index contributed by atoms with van der Waals surface area (Å²) in [6.45, 7) is 3.95. The van der Waals surface area contributed by atoms with Crippen LogP contribution < -0.4 is 0 Å². The van der Waals surface area contributed by atoms with Crippen molar-refractivity contribution in [2.75, 3.05) is 0 Å². The first-order chi connectivity index (χ1) is 12.0. The van der Waals surface area contributed by atoms with E-state index >= 15 is 0 Å². The predicted octanol–water partition coefficient (Wildman–Crippen LogP) is 6.17. The second-order valence-electron chi connectivity index (χ2n) is 7.55. The van der Waals surface area contributed by atoms with Crippen molar-refractivity contribution in [3.05, 3.63) is 60.2 Å². The van der Waals surface area contributed by atoms with E-state index in [2.05, 4.69) is 31.2 Å². The third-order valence-corrected chi connectivity index (χ3v) is 5.19. The number of hydrogen-bond donors (Lipinski definition) is 1. The van der Waals surface area contributed by atoms with Crippen LogP contribution in [0.15, 0.2) is 59.6 Å². The molecular weight excluding hydrogens is 342 g/mol. The van der Waals surface area contributed by atoms with E-state index in [1.165, 1.54) is 43.2 Å². The summed E-state index contributed by atoms with van der Waals surface area (Å²) < 4.78 is 0. The van der Waals surface area contributed by atoms with Gasteiger partial charge in [-0.3, -0.25) is 4.99 Å². The second-order valence-corrected chi connectivity index (χ2v) is 7.55. The van der Waals surface area contributed by atoms with Crippen molar-refractivity contribution in [2.24, 2.45) is 4.99 Å². The van der Waals surface area contributed by atoms with Crippen molar-refractivity contribution in [3.63, 3.8) is 0 Å². The fourth-order valence-corrected chi connectivity index (χ4v) is 3.82. The molecule has 140 valence electrons. The van der Waals surface area contributed by atoms with Crippen molar-refractivity contribution < 1.29 is 5.11 Å². The van der Waals surface area contributed by atoms with Gasteiger partial charge in [0, 0.05) is 18.2 Å². The molecule has 0 aliphatic heterocycles. The number of rotatable bonds is 5. The molecule has 0 heterocycles. The van der Waals surface area contributed by atoms with Crippen molar-refractivity contribution >= 4 is 18.1 Å². The van der Waals surface area contributed by atoms with Gasteiger partial charge in [-0.25, -0.2) is 0 Å². The Balaban J connectivity index is 0.00000243. The highest BCUT2D eigenvalue weighted by Gasteiger charge is 2.24. The summed E-state index contributed by atoms with van der Waals surface area (Å²) in [6, 6.07) is 19.0. The first kappa shape index (κ1) is 20.7. The second kappa shape index (κ2) is 9.34. The van der Waals surface area contributed by atoms with Crippen LogP contribution >= 0.6 is 12.4 Å². The molecule has 1 unspecified atom stereocenters. The van der Waals surface area contributed by atoms with Gasteiger partial charge < -0.3 is 5.11 Å². The van der Waals surface area contributed by atoms with Crippen LogP contribution in [0.5, 0.6) is 0 Å². The van der Waals surface area contributed by atoms with Crippen molar-refractivity contribution in [1.82, 2.24) is 0 Å². The number of aliphatic hydroxyl groups is 1. The molecule has 2 aromatic carbocycles. The normalized spacial score (nSPS) is 18.0. The number of hydrogen-bond acceptors (Lipinski definition) is 2. The lowest BCUT2D eigenvalue weighted by atomic mass is 9.89. The Bertz CT molecular complexity index is 701. The van der Waals surface area contributed by atoms with E-state index in [1.807, 2.05) is 37.3 Å². The van der Waals surface area contributed by atoms with Gasteiger partial charge >= 0.3 is 0 Å². The van der Waals surface area contributed by atoms with E-state index in [9.17, 15) is 5.11 Å². The topological polar surface area (TPSA) is 32.6 Å². The maximum atomic E-state index is 11.0. The summed E-state index contributed by atoms with van der Waals surface area (Å²) in [7, 11) is 0. The summed E-state index contributed by atoms with van der Waals surface area (Å²) in [6.07, 6.45) is 6.92. The summed E-state index contributed by atoms with van der Waals surface area (Å²) in [5, 5.41) is 11.0. The minimum absolute atomic E-state index is 0. The molecule has 1 N–H and O–H groups in total. The standard InChI is InChI=1S/C23H29NO.ClH/c1-18(24-22-11-7-4-8-12-22)17-23(2,25)21-15-13-20(14-16-21)19-9-5-3-6-10-19;/h3,5-6,9-10,13-16,22,25H,4,7-8,11-12,17H2,1-2H3;1H. The van der Waals surface area contributed by atoms with Gasteiger partial charge in [-0.1, -0.05) is 73.9 Å². The van der Waals surface area contributed by atoms with Crippen LogP contribution in [0.1, 0.15) is 57.9 Å². The molecule has 3 heteroatoms. The number of benzene rings is 2. The van der Waals surface area contributed by atoms with E-state index in [0.717, 1.165) is 11.3 Å². The number of aliphatic imine (C=N–C) groups is 1. The van der Waals surface area contributed by atoms with Crippen LogP contribution in [0.2, 0.25) is 0 Å². The smallest absolute Gasteiger partial charge is 0.0920 e. The molecule has 3 rings (SSSR count). The predicted molar refractivity (Wildman–Crippen MR) is 113 cm³/mol. The summed E-state index contributed by atoms with van der Waals surface area (Å²) in [5.41, 5.74) is 3.50. The zero-order chi connectivity index (χ0) is 17.7. The largest absolute Gasteiger partial charge is 0.385 e. The zero-order valence-electron chi connectivity index (χ0n) is 15.8. The molecule has 0 aromatic heterocycles. The van der Waals surface area contributed by atoms with Gasteiger partial charge in [0.25, 0.3) is 0 Å². The fraction of sp³-hybridized carbons (Fsp3) is 0.435. The highest BCUT2D eigenvalue weighted by atomic mass is 35.5. The molecule has 0 saturated heterocycles. The SMILES string of the molecule is CC(CC(C)(O)c1ccc(-c2ccccc2)cc1)=NC1CCCCC1.Cl. The molecule has 2 nitrogen and oxygen atoms in total. The van der Waals surface area contributed by atoms with Gasteiger partial charge in [-0.2, -0.15) is 0 Å². The first-order valence-corrected chi connectivity index (χ1v) is 9.46. The molecule has 1 fully saturated rings. The quantitative estimate of drug-likeness (QED) is 0.626. The van der Waals surface area contributed by atoms with Gasteiger partial charge in [-0.15, -0.1) is 12.4 Å². The average Bonchev–Trinajstić information content (AvgIpc) is 2.63. The van der Waals surface area contributed by atoms with E-state index in [0.29, 0.717) is 12.5 Å². The molecule has 26 heavy (non-hydrogen) atoms. The Morgan fingerprint density at radius 3 is 2.15 bits per heavy atom. The van der Waals surface area contributed by atoms with Crippen LogP contribution in [0.3, 0.4) is 0 Å². The Hall–Kier alpha value is -1.64. The molecule has 1 saturated carbocycles. The van der Waals surface area contributed by atoms with Gasteiger partial charge in [0.1, 0.15) is 0 Å². The average molecular weight is 372 g/mol. The molecule has 0 spiro atoms. The molecule has 1 aliphatic rings. The van der Waals surface area contributed by atoms with E-state index in [4.69, 9.17) is 4.99 Å². The number of halogens is 1. The molecule has 0 amide bonds. The van der Waals surface area contributed by atoms with Gasteiger partial charge in [0.15, 0.2) is 0 Å². The highest BCUT2D eigenvalue weighted by molar-refractivity contribution is 5.85. The summed E-state index contributed by atoms with van der Waals surface area (Å²) in [4.78, 5) is 4.87. The third kappa shape index (κ3) is 5.43. The summed E-state index contributed by atoms with van der Waals surface area (Å²) in [5.74, 6) is 0. The Morgan fingerprint density at radius 2 is 1.54 bits per heavy atom. The van der Waals surface area contributed by atoms with Crippen LogP contribution in [-0.4, -0.2) is 16.9 Å². The highest BCUT2D eigenvalue weighted by Crippen LogP contribution is 2.29. The zero-order valence-corrected chi connectivity index (χ0v) is 16.6. The first-order valence-electron chi connectivity index (χ1n) is 9.46. The van der Waals surface area contributed by atoms with E-state index in [-0.39, 0.29) is 12.4 Å². The molecule has 1 aliphatic carbocycles. The molecular formula is C23H30ClNO. The van der Waals surface area contributed by atoms with E-state index in [1.54, 1.807) is 0 Å². The minimum Gasteiger partial charge on any atom is -0.385 e. The van der Waals surface area contributed by atoms with Gasteiger partial charge in [0.05, 0.1) is 5.60 Å². The summed E-state index contributed by atoms with van der Waals surface area (Å²) >= 11 is 0. The van der Waals surface area contributed by atoms with Gasteiger partial charge in [0.2, 0.25) is 0 Å².